The lowest BCUT2D eigenvalue weighted by Gasteiger charge is -2.28. The number of halogens is 2. The van der Waals surface area contributed by atoms with Crippen LogP contribution >= 0.6 is 0 Å². The van der Waals surface area contributed by atoms with Gasteiger partial charge in [0.25, 0.3) is 5.91 Å². The second-order valence-electron chi connectivity index (χ2n) is 5.78. The second-order valence-corrected chi connectivity index (χ2v) is 5.78. The Morgan fingerprint density at radius 3 is 2.83 bits per heavy atom. The van der Waals surface area contributed by atoms with Crippen LogP contribution in [0.1, 0.15) is 29.8 Å². The largest absolute Gasteiger partial charge is 0.455 e. The zero-order valence-electron chi connectivity index (χ0n) is 12.0. The van der Waals surface area contributed by atoms with E-state index in [2.05, 4.69) is 10.3 Å². The van der Waals surface area contributed by atoms with E-state index in [9.17, 15) is 23.2 Å². The molecule has 2 aliphatic rings. The number of ether oxygens (including phenoxy) is 1. The third kappa shape index (κ3) is 3.35. The number of ketones is 1. The highest BCUT2D eigenvalue weighted by Gasteiger charge is 2.46. The number of nitrogens with one attached hydrogen (secondary N) is 1. The van der Waals surface area contributed by atoms with Crippen molar-refractivity contribution in [3.05, 3.63) is 11.9 Å². The van der Waals surface area contributed by atoms with Crippen LogP contribution < -0.4 is 5.32 Å². The van der Waals surface area contributed by atoms with Crippen molar-refractivity contribution in [3.63, 3.8) is 0 Å². The van der Waals surface area contributed by atoms with Crippen molar-refractivity contribution in [2.45, 2.75) is 37.8 Å². The molecule has 1 N–H and O–H groups in total. The summed E-state index contributed by atoms with van der Waals surface area (Å²) in [7, 11) is 0. The van der Waals surface area contributed by atoms with Crippen LogP contribution in [0.3, 0.4) is 0 Å². The summed E-state index contributed by atoms with van der Waals surface area (Å²) in [5, 5.41) is 9.39. The van der Waals surface area contributed by atoms with E-state index in [1.54, 1.807) is 0 Å². The summed E-state index contributed by atoms with van der Waals surface area (Å²) in [4.78, 5) is 33.7. The quantitative estimate of drug-likeness (QED) is 0.777. The molecule has 0 spiro atoms. The number of aromatic nitrogens is 3. The Morgan fingerprint density at radius 2 is 2.17 bits per heavy atom. The fourth-order valence-electron chi connectivity index (χ4n) is 2.54. The average molecular weight is 328 g/mol. The van der Waals surface area contributed by atoms with Crippen LogP contribution in [0.5, 0.6) is 0 Å². The van der Waals surface area contributed by atoms with Crippen molar-refractivity contribution >= 4 is 17.7 Å². The standard InChI is InChI=1S/C13H14F2N4O4/c14-13(15)3-9(4-16-12(13)22)23-11(21)10-6-19(18-17-10)5-7-1-8(20)2-7/h6-7,9H,1-5H2,(H,16,22). The molecule has 0 bridgehead atoms. The van der Waals surface area contributed by atoms with Crippen molar-refractivity contribution in [3.8, 4) is 0 Å². The zero-order valence-corrected chi connectivity index (χ0v) is 12.0. The molecule has 8 nitrogen and oxygen atoms in total. The Hall–Kier alpha value is -2.39. The number of Topliss-reactive ketones (excluding diaryl/α,β-unsaturated/α-hetero) is 1. The van der Waals surface area contributed by atoms with E-state index >= 15 is 0 Å². The lowest BCUT2D eigenvalue weighted by molar-refractivity contribution is -0.156. The molecule has 23 heavy (non-hydrogen) atoms. The van der Waals surface area contributed by atoms with Crippen LogP contribution in [-0.4, -0.2) is 51.2 Å². The molecule has 3 rings (SSSR count). The van der Waals surface area contributed by atoms with Crippen molar-refractivity contribution in [1.29, 1.82) is 0 Å². The molecular weight excluding hydrogens is 314 g/mol. The predicted octanol–water partition coefficient (Wildman–Crippen LogP) is -0.0622. The predicted molar refractivity (Wildman–Crippen MR) is 69.5 cm³/mol. The van der Waals surface area contributed by atoms with Gasteiger partial charge in [0.2, 0.25) is 0 Å². The first-order chi connectivity index (χ1) is 10.8. The van der Waals surface area contributed by atoms with E-state index in [1.807, 2.05) is 5.32 Å². The van der Waals surface area contributed by atoms with Gasteiger partial charge in [0.05, 0.1) is 19.2 Å². The van der Waals surface area contributed by atoms with Gasteiger partial charge in [0, 0.05) is 19.4 Å². The Kier molecular flexibility index (Phi) is 3.82. The highest BCUT2D eigenvalue weighted by molar-refractivity contribution is 5.87. The number of hydrogen-bond acceptors (Lipinski definition) is 6. The SMILES string of the molecule is O=C1CC(Cn2cc(C(=O)OC3CNC(=O)C(F)(F)C3)nn2)C1. The second kappa shape index (κ2) is 5.67. The maximum absolute atomic E-state index is 13.3. The van der Waals surface area contributed by atoms with Crippen molar-refractivity contribution < 1.29 is 27.9 Å². The van der Waals surface area contributed by atoms with Crippen LogP contribution in [0.25, 0.3) is 0 Å². The normalized spacial score (nSPS) is 24.0. The first-order valence-corrected chi connectivity index (χ1v) is 7.12. The molecule has 1 saturated heterocycles. The van der Waals surface area contributed by atoms with Gasteiger partial charge in [-0.05, 0) is 5.92 Å². The highest BCUT2D eigenvalue weighted by Crippen LogP contribution is 2.26. The molecule has 1 atom stereocenters. The van der Waals surface area contributed by atoms with E-state index in [1.165, 1.54) is 10.9 Å². The minimum absolute atomic E-state index is 0.101. The van der Waals surface area contributed by atoms with Gasteiger partial charge in [-0.15, -0.1) is 5.10 Å². The topological polar surface area (TPSA) is 103 Å². The third-order valence-electron chi connectivity index (χ3n) is 3.81. The fourth-order valence-corrected chi connectivity index (χ4v) is 2.54. The van der Waals surface area contributed by atoms with E-state index in [-0.39, 0.29) is 23.9 Å². The molecule has 1 aromatic rings. The van der Waals surface area contributed by atoms with Crippen molar-refractivity contribution in [1.82, 2.24) is 20.3 Å². The summed E-state index contributed by atoms with van der Waals surface area (Å²) in [5.74, 6) is -5.43. The number of nitrogens with zero attached hydrogens (tertiary/aromatic N) is 3. The number of piperidine rings is 1. The molecule has 124 valence electrons. The molecule has 1 aliphatic carbocycles. The summed E-state index contributed by atoms with van der Waals surface area (Å²) in [6.45, 7) is 0.294. The van der Waals surface area contributed by atoms with Crippen LogP contribution in [0.15, 0.2) is 6.20 Å². The summed E-state index contributed by atoms with van der Waals surface area (Å²) < 4.78 is 32.9. The average Bonchev–Trinajstić information content (AvgIpc) is 2.90. The summed E-state index contributed by atoms with van der Waals surface area (Å²) in [6, 6.07) is 0. The van der Waals surface area contributed by atoms with Crippen LogP contribution in [0, 0.1) is 5.92 Å². The first kappa shape index (κ1) is 15.5. The maximum Gasteiger partial charge on any atom is 0.360 e. The number of amides is 1. The molecule has 1 saturated carbocycles. The highest BCUT2D eigenvalue weighted by atomic mass is 19.3. The number of carbonyl (C=O) groups is 3. The van der Waals surface area contributed by atoms with Gasteiger partial charge in [0.15, 0.2) is 5.69 Å². The first-order valence-electron chi connectivity index (χ1n) is 7.12. The molecule has 10 heteroatoms. The van der Waals surface area contributed by atoms with Gasteiger partial charge in [-0.25, -0.2) is 4.79 Å². The minimum atomic E-state index is -3.56. The van der Waals surface area contributed by atoms with E-state index in [0.29, 0.717) is 19.4 Å². The van der Waals surface area contributed by atoms with E-state index < -0.39 is 30.3 Å². The van der Waals surface area contributed by atoms with Crippen LogP contribution in [0.2, 0.25) is 0 Å². The molecule has 0 aromatic carbocycles. The number of esters is 1. The molecule has 2 heterocycles. The lowest BCUT2D eigenvalue weighted by Crippen LogP contribution is -2.52. The van der Waals surface area contributed by atoms with Crippen LogP contribution in [0.4, 0.5) is 8.78 Å². The van der Waals surface area contributed by atoms with E-state index in [4.69, 9.17) is 4.74 Å². The monoisotopic (exact) mass is 328 g/mol. The van der Waals surface area contributed by atoms with Gasteiger partial charge in [-0.2, -0.15) is 8.78 Å². The number of carbonyl (C=O) groups excluding carboxylic acids is 3. The van der Waals surface area contributed by atoms with E-state index in [0.717, 1.165) is 0 Å². The number of rotatable bonds is 4. The Morgan fingerprint density at radius 1 is 1.43 bits per heavy atom. The maximum atomic E-state index is 13.3. The zero-order chi connectivity index (χ0) is 16.6. The Balaban J connectivity index is 1.55. The number of alkyl halides is 2. The summed E-state index contributed by atoms with van der Waals surface area (Å²) in [5.41, 5.74) is -0.101. The van der Waals surface area contributed by atoms with Gasteiger partial charge in [-0.3, -0.25) is 14.3 Å². The van der Waals surface area contributed by atoms with Gasteiger partial charge in [0.1, 0.15) is 11.9 Å². The van der Waals surface area contributed by atoms with Gasteiger partial charge >= 0.3 is 11.9 Å². The molecule has 1 aromatic heterocycles. The smallest absolute Gasteiger partial charge is 0.360 e. The van der Waals surface area contributed by atoms with Crippen molar-refractivity contribution in [2.75, 3.05) is 6.54 Å². The summed E-state index contributed by atoms with van der Waals surface area (Å²) in [6.07, 6.45) is 0.338. The minimum Gasteiger partial charge on any atom is -0.455 e. The summed E-state index contributed by atoms with van der Waals surface area (Å²) >= 11 is 0. The Labute approximate surface area is 129 Å². The van der Waals surface area contributed by atoms with Crippen molar-refractivity contribution in [2.24, 2.45) is 5.92 Å². The fraction of sp³-hybridized carbons (Fsp3) is 0.615. The van der Waals surface area contributed by atoms with Crippen LogP contribution in [-0.2, 0) is 20.9 Å². The molecule has 1 amide bonds. The Bertz CT molecular complexity index is 652. The molecule has 2 fully saturated rings. The van der Waals surface area contributed by atoms with Gasteiger partial charge < -0.3 is 10.1 Å². The van der Waals surface area contributed by atoms with Gasteiger partial charge in [-0.1, -0.05) is 5.21 Å². The molecular formula is C13H14F2N4O4. The third-order valence-corrected chi connectivity index (χ3v) is 3.81. The molecule has 1 unspecified atom stereocenters. The lowest BCUT2D eigenvalue weighted by atomic mass is 9.84. The molecule has 1 aliphatic heterocycles. The molecule has 0 radical (unpaired) electrons. The number of hydrogen-bond donors (Lipinski definition) is 1.